The zero-order chi connectivity index (χ0) is 19.1. The molecule has 0 aromatic rings. The normalized spacial score (nSPS) is 11.8. The zero-order valence-corrected chi connectivity index (χ0v) is 18.7. The van der Waals surface area contributed by atoms with Gasteiger partial charge in [0.2, 0.25) is 0 Å². The van der Waals surface area contributed by atoms with Crippen molar-refractivity contribution in [2.24, 2.45) is 0 Å². The highest BCUT2D eigenvalue weighted by Gasteiger charge is 2.18. The number of rotatable bonds is 22. The van der Waals surface area contributed by atoms with Crippen LogP contribution in [0.1, 0.15) is 129 Å². The molecule has 0 aliphatic rings. The summed E-state index contributed by atoms with van der Waals surface area (Å²) in [6.07, 6.45) is 23.2. The first kappa shape index (κ1) is 26.0. The van der Waals surface area contributed by atoms with Gasteiger partial charge in [-0.05, 0) is 12.8 Å². The Balaban J connectivity index is 3.13. The minimum absolute atomic E-state index is 0.571. The molecule has 0 bridgehead atoms. The average Bonchev–Trinajstić information content (AvgIpc) is 2.65. The monoisotopic (exact) mass is 389 g/mol. The van der Waals surface area contributed by atoms with E-state index in [9.17, 15) is 4.57 Å². The van der Waals surface area contributed by atoms with Gasteiger partial charge in [0, 0.05) is 4.57 Å². The van der Waals surface area contributed by atoms with E-state index in [0.29, 0.717) is 13.2 Å². The van der Waals surface area contributed by atoms with Crippen molar-refractivity contribution in [3.8, 4) is 0 Å². The highest BCUT2D eigenvalue weighted by atomic mass is 31.1. The van der Waals surface area contributed by atoms with Crippen molar-refractivity contribution in [1.29, 1.82) is 0 Å². The summed E-state index contributed by atoms with van der Waals surface area (Å²) < 4.78 is 22.1. The Labute approximate surface area is 165 Å². The first-order chi connectivity index (χ1) is 12.8. The lowest BCUT2D eigenvalue weighted by molar-refractivity contribution is 0.218. The lowest BCUT2D eigenvalue weighted by Crippen LogP contribution is -1.92. The van der Waals surface area contributed by atoms with Gasteiger partial charge in [-0.25, -0.2) is 0 Å². The molecule has 0 saturated carbocycles. The summed E-state index contributed by atoms with van der Waals surface area (Å²) in [5, 5.41) is 0. The molecular weight excluding hydrogens is 343 g/mol. The van der Waals surface area contributed by atoms with Crippen molar-refractivity contribution < 1.29 is 13.6 Å². The van der Waals surface area contributed by atoms with Crippen LogP contribution in [-0.4, -0.2) is 13.2 Å². The third kappa shape index (κ3) is 22.1. The largest absolute Gasteiger partial charge is 0.697 e. The van der Waals surface area contributed by atoms with Crippen LogP contribution in [0.25, 0.3) is 0 Å². The Kier molecular flexibility index (Phi) is 23.1. The molecule has 0 fully saturated rings. The molecule has 0 saturated heterocycles. The highest BCUT2D eigenvalue weighted by Crippen LogP contribution is 2.25. The van der Waals surface area contributed by atoms with Gasteiger partial charge in [-0.1, -0.05) is 117 Å². The van der Waals surface area contributed by atoms with Crippen molar-refractivity contribution in [1.82, 2.24) is 0 Å². The SMILES string of the molecule is CCCCCCCCCCCCCO[P+](=O)OCCCCCCCCC. The Bertz CT molecular complexity index is 285. The molecule has 156 valence electrons. The van der Waals surface area contributed by atoms with Crippen LogP contribution in [0.3, 0.4) is 0 Å². The summed E-state index contributed by atoms with van der Waals surface area (Å²) in [5.74, 6) is 0. The fourth-order valence-corrected chi connectivity index (χ4v) is 3.77. The topological polar surface area (TPSA) is 35.5 Å². The zero-order valence-electron chi connectivity index (χ0n) is 17.8. The maximum absolute atomic E-state index is 11.6. The van der Waals surface area contributed by atoms with Crippen molar-refractivity contribution in [2.45, 2.75) is 129 Å². The predicted molar refractivity (Wildman–Crippen MR) is 114 cm³/mol. The summed E-state index contributed by atoms with van der Waals surface area (Å²) >= 11 is 0. The quantitative estimate of drug-likeness (QED) is 0.137. The van der Waals surface area contributed by atoms with E-state index >= 15 is 0 Å². The number of hydrogen-bond acceptors (Lipinski definition) is 3. The molecule has 1 atom stereocenters. The molecule has 0 radical (unpaired) electrons. The van der Waals surface area contributed by atoms with E-state index in [1.807, 2.05) is 0 Å². The van der Waals surface area contributed by atoms with E-state index < -0.39 is 8.25 Å². The molecule has 26 heavy (non-hydrogen) atoms. The van der Waals surface area contributed by atoms with Crippen LogP contribution in [0.5, 0.6) is 0 Å². The second-order valence-corrected chi connectivity index (χ2v) is 8.51. The third-order valence-corrected chi connectivity index (χ3v) is 5.68. The van der Waals surface area contributed by atoms with Crippen molar-refractivity contribution >= 4 is 8.25 Å². The third-order valence-electron chi connectivity index (χ3n) is 4.89. The maximum Gasteiger partial charge on any atom is 0.697 e. The fraction of sp³-hybridized carbons (Fsp3) is 1.00. The van der Waals surface area contributed by atoms with E-state index in [4.69, 9.17) is 9.05 Å². The fourth-order valence-electron chi connectivity index (χ4n) is 3.14. The van der Waals surface area contributed by atoms with Gasteiger partial charge >= 0.3 is 8.25 Å². The standard InChI is InChI=1S/C22H46O3P/c1-3-5-7-9-11-12-13-14-16-18-20-22-25-26(23)24-21-19-17-15-10-8-6-4-2/h3-22H2,1-2H3/q+1. The maximum atomic E-state index is 11.6. The molecule has 0 spiro atoms. The van der Waals surface area contributed by atoms with Gasteiger partial charge in [0.25, 0.3) is 0 Å². The molecule has 0 aliphatic heterocycles. The van der Waals surface area contributed by atoms with Gasteiger partial charge in [-0.15, -0.1) is 9.05 Å². The Morgan fingerprint density at radius 1 is 0.462 bits per heavy atom. The first-order valence-electron chi connectivity index (χ1n) is 11.5. The van der Waals surface area contributed by atoms with Crippen LogP contribution in [0.4, 0.5) is 0 Å². The molecule has 0 heterocycles. The van der Waals surface area contributed by atoms with Crippen LogP contribution in [-0.2, 0) is 13.6 Å². The lowest BCUT2D eigenvalue weighted by Gasteiger charge is -2.01. The van der Waals surface area contributed by atoms with Gasteiger partial charge in [-0.2, -0.15) is 0 Å². The summed E-state index contributed by atoms with van der Waals surface area (Å²) in [5.41, 5.74) is 0. The van der Waals surface area contributed by atoms with Gasteiger partial charge in [0.15, 0.2) is 0 Å². The molecule has 0 aromatic carbocycles. The Morgan fingerprint density at radius 2 is 0.731 bits per heavy atom. The Morgan fingerprint density at radius 3 is 1.04 bits per heavy atom. The smallest absolute Gasteiger partial charge is 0.119 e. The second-order valence-electron chi connectivity index (χ2n) is 7.55. The molecule has 0 N–H and O–H groups in total. The summed E-state index contributed by atoms with van der Waals surface area (Å²) in [4.78, 5) is 0. The van der Waals surface area contributed by atoms with Crippen LogP contribution < -0.4 is 0 Å². The van der Waals surface area contributed by atoms with Gasteiger partial charge in [-0.3, -0.25) is 0 Å². The van der Waals surface area contributed by atoms with Gasteiger partial charge < -0.3 is 0 Å². The van der Waals surface area contributed by atoms with Crippen LogP contribution in [0, 0.1) is 0 Å². The van der Waals surface area contributed by atoms with E-state index in [0.717, 1.165) is 12.8 Å². The van der Waals surface area contributed by atoms with Crippen LogP contribution >= 0.6 is 8.25 Å². The Hall–Kier alpha value is 0.0200. The van der Waals surface area contributed by atoms with Crippen molar-refractivity contribution in [2.75, 3.05) is 13.2 Å². The first-order valence-corrected chi connectivity index (χ1v) is 12.6. The number of hydrogen-bond donors (Lipinski definition) is 0. The molecule has 0 aromatic heterocycles. The minimum Gasteiger partial charge on any atom is -0.119 e. The molecule has 0 aliphatic carbocycles. The summed E-state index contributed by atoms with van der Waals surface area (Å²) in [7, 11) is -1.90. The van der Waals surface area contributed by atoms with E-state index in [2.05, 4.69) is 13.8 Å². The molecular formula is C22H46O3P+. The van der Waals surface area contributed by atoms with Gasteiger partial charge in [0.1, 0.15) is 13.2 Å². The van der Waals surface area contributed by atoms with Crippen molar-refractivity contribution in [3.63, 3.8) is 0 Å². The summed E-state index contributed by atoms with van der Waals surface area (Å²) in [6.45, 7) is 5.65. The molecule has 4 heteroatoms. The molecule has 3 nitrogen and oxygen atoms in total. The molecule has 1 unspecified atom stereocenters. The highest BCUT2D eigenvalue weighted by molar-refractivity contribution is 7.33. The van der Waals surface area contributed by atoms with E-state index in [-0.39, 0.29) is 0 Å². The average molecular weight is 390 g/mol. The van der Waals surface area contributed by atoms with Crippen LogP contribution in [0.2, 0.25) is 0 Å². The molecule has 0 rings (SSSR count). The van der Waals surface area contributed by atoms with Crippen LogP contribution in [0.15, 0.2) is 0 Å². The second kappa shape index (κ2) is 23.1. The van der Waals surface area contributed by atoms with E-state index in [1.165, 1.54) is 103 Å². The summed E-state index contributed by atoms with van der Waals surface area (Å²) in [6, 6.07) is 0. The van der Waals surface area contributed by atoms with Crippen molar-refractivity contribution in [3.05, 3.63) is 0 Å². The van der Waals surface area contributed by atoms with E-state index in [1.54, 1.807) is 0 Å². The minimum atomic E-state index is -1.90. The lowest BCUT2D eigenvalue weighted by atomic mass is 10.1. The molecule has 0 amide bonds. The van der Waals surface area contributed by atoms with Gasteiger partial charge in [0.05, 0.1) is 0 Å². The number of unbranched alkanes of at least 4 members (excludes halogenated alkanes) is 16. The predicted octanol–water partition coefficient (Wildman–Crippen LogP) is 8.74.